The first-order valence-electron chi connectivity index (χ1n) is 7.92. The largest absolute Gasteiger partial charge is 0.477 e. The summed E-state index contributed by atoms with van der Waals surface area (Å²) in [5.41, 5.74) is 0.542. The summed E-state index contributed by atoms with van der Waals surface area (Å²) in [6, 6.07) is 9.34. The normalized spacial score (nSPS) is 15.9. The van der Waals surface area contributed by atoms with Crippen LogP contribution >= 0.6 is 0 Å². The molecular weight excluding hydrogens is 324 g/mol. The highest BCUT2D eigenvalue weighted by molar-refractivity contribution is 6.21. The van der Waals surface area contributed by atoms with E-state index < -0.39 is 17.8 Å². The molecule has 2 amide bonds. The number of amides is 2. The van der Waals surface area contributed by atoms with Crippen molar-refractivity contribution in [3.63, 3.8) is 0 Å². The number of hydrogen-bond donors (Lipinski definition) is 0. The summed E-state index contributed by atoms with van der Waals surface area (Å²) in [7, 11) is 0. The maximum Gasteiger partial charge on any atom is 0.365 e. The fourth-order valence-electron chi connectivity index (χ4n) is 2.46. The van der Waals surface area contributed by atoms with E-state index in [1.165, 1.54) is 37.2 Å². The number of fused-ring (bicyclic) bond motifs is 1. The Labute approximate surface area is 143 Å². The van der Waals surface area contributed by atoms with Crippen LogP contribution < -0.4 is 4.74 Å². The number of nitrogens with zero attached hydrogens (tertiary/aromatic N) is 2. The SMILES string of the molecule is O=C(ON1C(=O)c2ccccc2C1=O)c1ccc(OCC2CC2)nc1. The van der Waals surface area contributed by atoms with E-state index >= 15 is 0 Å². The standard InChI is InChI=1S/C18H14N2O5/c21-16-13-3-1-2-4-14(13)17(22)20(16)25-18(23)12-7-8-15(19-9-12)24-10-11-5-6-11/h1-4,7-9,11H,5-6,10H2. The Morgan fingerprint density at radius 3 is 2.32 bits per heavy atom. The van der Waals surface area contributed by atoms with E-state index in [1.54, 1.807) is 18.2 Å². The number of hydrogen-bond acceptors (Lipinski definition) is 6. The highest BCUT2D eigenvalue weighted by Gasteiger charge is 2.38. The molecule has 1 aromatic carbocycles. The Hall–Kier alpha value is -3.22. The predicted octanol–water partition coefficient (Wildman–Crippen LogP) is 2.24. The third-order valence-corrected chi connectivity index (χ3v) is 4.07. The Bertz CT molecular complexity index is 823. The summed E-state index contributed by atoms with van der Waals surface area (Å²) >= 11 is 0. The first-order valence-corrected chi connectivity index (χ1v) is 7.92. The van der Waals surface area contributed by atoms with Crippen molar-refractivity contribution < 1.29 is 24.0 Å². The molecule has 0 unspecified atom stereocenters. The average Bonchev–Trinajstić information content (AvgIpc) is 3.44. The van der Waals surface area contributed by atoms with E-state index in [0.29, 0.717) is 23.5 Å². The fraction of sp³-hybridized carbons (Fsp3) is 0.222. The van der Waals surface area contributed by atoms with Crippen molar-refractivity contribution in [3.05, 3.63) is 59.3 Å². The zero-order valence-corrected chi connectivity index (χ0v) is 13.2. The lowest BCUT2D eigenvalue weighted by Gasteiger charge is -2.12. The van der Waals surface area contributed by atoms with Crippen molar-refractivity contribution >= 4 is 17.8 Å². The molecule has 1 aromatic heterocycles. The Morgan fingerprint density at radius 1 is 1.08 bits per heavy atom. The number of carbonyl (C=O) groups is 3. The molecule has 0 spiro atoms. The molecule has 2 aromatic rings. The monoisotopic (exact) mass is 338 g/mol. The zero-order valence-electron chi connectivity index (χ0n) is 13.2. The summed E-state index contributed by atoms with van der Waals surface area (Å²) in [4.78, 5) is 45.5. The van der Waals surface area contributed by atoms with Gasteiger partial charge in [0.25, 0.3) is 11.8 Å². The first-order chi connectivity index (χ1) is 12.1. The number of benzene rings is 1. The lowest BCUT2D eigenvalue weighted by molar-refractivity contribution is -0.0584. The zero-order chi connectivity index (χ0) is 17.4. The summed E-state index contributed by atoms with van der Waals surface area (Å²) in [6.07, 6.45) is 3.64. The van der Waals surface area contributed by atoms with Gasteiger partial charge < -0.3 is 9.57 Å². The Kier molecular flexibility index (Phi) is 3.68. The quantitative estimate of drug-likeness (QED) is 0.777. The van der Waals surface area contributed by atoms with Gasteiger partial charge in [-0.15, -0.1) is 0 Å². The van der Waals surface area contributed by atoms with Crippen molar-refractivity contribution in [2.75, 3.05) is 6.61 Å². The van der Waals surface area contributed by atoms with Crippen LogP contribution in [0, 0.1) is 5.92 Å². The van der Waals surface area contributed by atoms with Gasteiger partial charge in [-0.2, -0.15) is 0 Å². The minimum atomic E-state index is -0.837. The van der Waals surface area contributed by atoms with Crippen LogP contribution in [0.5, 0.6) is 5.88 Å². The molecule has 25 heavy (non-hydrogen) atoms. The van der Waals surface area contributed by atoms with Crippen LogP contribution in [0.1, 0.15) is 43.9 Å². The van der Waals surface area contributed by atoms with Crippen LogP contribution in [0.15, 0.2) is 42.6 Å². The molecule has 2 heterocycles. The van der Waals surface area contributed by atoms with Gasteiger partial charge in [-0.25, -0.2) is 9.78 Å². The first kappa shape index (κ1) is 15.3. The average molecular weight is 338 g/mol. The van der Waals surface area contributed by atoms with Gasteiger partial charge in [-0.3, -0.25) is 9.59 Å². The molecule has 7 heteroatoms. The molecule has 0 bridgehead atoms. The summed E-state index contributed by atoms with van der Waals surface area (Å²) in [6.45, 7) is 0.617. The van der Waals surface area contributed by atoms with E-state index in [1.807, 2.05) is 0 Å². The number of imide groups is 1. The van der Waals surface area contributed by atoms with Crippen molar-refractivity contribution in [3.8, 4) is 5.88 Å². The van der Waals surface area contributed by atoms with Gasteiger partial charge in [0.05, 0.1) is 23.3 Å². The minimum absolute atomic E-state index is 0.121. The topological polar surface area (TPSA) is 85.8 Å². The number of hydroxylamine groups is 2. The van der Waals surface area contributed by atoms with E-state index in [4.69, 9.17) is 9.57 Å². The molecule has 1 saturated carbocycles. The molecule has 0 N–H and O–H groups in total. The minimum Gasteiger partial charge on any atom is -0.477 e. The predicted molar refractivity (Wildman–Crippen MR) is 84.8 cm³/mol. The van der Waals surface area contributed by atoms with E-state index in [-0.39, 0.29) is 16.7 Å². The van der Waals surface area contributed by atoms with Crippen LogP contribution in [0.2, 0.25) is 0 Å². The molecule has 7 nitrogen and oxygen atoms in total. The van der Waals surface area contributed by atoms with Crippen LogP contribution in [0.3, 0.4) is 0 Å². The number of ether oxygens (including phenoxy) is 1. The molecule has 0 saturated heterocycles. The third-order valence-electron chi connectivity index (χ3n) is 4.07. The Balaban J connectivity index is 1.43. The van der Waals surface area contributed by atoms with E-state index in [9.17, 15) is 14.4 Å². The molecule has 126 valence electrons. The highest BCUT2D eigenvalue weighted by atomic mass is 16.7. The van der Waals surface area contributed by atoms with Crippen LogP contribution in [0.25, 0.3) is 0 Å². The highest BCUT2D eigenvalue weighted by Crippen LogP contribution is 2.29. The second-order valence-corrected chi connectivity index (χ2v) is 5.97. The van der Waals surface area contributed by atoms with Crippen LogP contribution in [-0.2, 0) is 4.84 Å². The maximum absolute atomic E-state index is 12.2. The molecule has 4 rings (SSSR count). The number of aromatic nitrogens is 1. The molecule has 2 aliphatic rings. The number of pyridine rings is 1. The molecule has 1 aliphatic heterocycles. The van der Waals surface area contributed by atoms with Crippen molar-refractivity contribution in [2.24, 2.45) is 5.92 Å². The van der Waals surface area contributed by atoms with Gasteiger partial charge in [0.1, 0.15) is 0 Å². The van der Waals surface area contributed by atoms with Crippen molar-refractivity contribution in [2.45, 2.75) is 12.8 Å². The lowest BCUT2D eigenvalue weighted by atomic mass is 10.1. The van der Waals surface area contributed by atoms with Gasteiger partial charge in [0, 0.05) is 12.3 Å². The van der Waals surface area contributed by atoms with Crippen molar-refractivity contribution in [1.29, 1.82) is 0 Å². The molecule has 0 radical (unpaired) electrons. The number of carbonyl (C=O) groups excluding carboxylic acids is 3. The van der Waals surface area contributed by atoms with Gasteiger partial charge in [0.2, 0.25) is 5.88 Å². The van der Waals surface area contributed by atoms with Crippen LogP contribution in [0.4, 0.5) is 0 Å². The van der Waals surface area contributed by atoms with Gasteiger partial charge >= 0.3 is 5.97 Å². The molecule has 1 fully saturated rings. The smallest absolute Gasteiger partial charge is 0.365 e. The van der Waals surface area contributed by atoms with Crippen LogP contribution in [-0.4, -0.2) is 34.4 Å². The van der Waals surface area contributed by atoms with E-state index in [2.05, 4.69) is 4.98 Å². The van der Waals surface area contributed by atoms with Gasteiger partial charge in [-0.1, -0.05) is 17.2 Å². The summed E-state index contributed by atoms with van der Waals surface area (Å²) in [5.74, 6) is -1.14. The molecule has 1 aliphatic carbocycles. The summed E-state index contributed by atoms with van der Waals surface area (Å²) < 4.78 is 5.49. The Morgan fingerprint density at radius 2 is 1.76 bits per heavy atom. The number of rotatable bonds is 5. The molecular formula is C18H14N2O5. The fourth-order valence-corrected chi connectivity index (χ4v) is 2.46. The van der Waals surface area contributed by atoms with Crippen molar-refractivity contribution in [1.82, 2.24) is 10.0 Å². The third kappa shape index (κ3) is 2.96. The second-order valence-electron chi connectivity index (χ2n) is 5.97. The van der Waals surface area contributed by atoms with Gasteiger partial charge in [0.15, 0.2) is 0 Å². The van der Waals surface area contributed by atoms with Gasteiger partial charge in [-0.05, 0) is 37.0 Å². The summed E-state index contributed by atoms with van der Waals surface area (Å²) in [5, 5.41) is 0.477. The second kappa shape index (κ2) is 6.01. The lowest BCUT2D eigenvalue weighted by Crippen LogP contribution is -2.32. The van der Waals surface area contributed by atoms with E-state index in [0.717, 1.165) is 0 Å². The molecule has 0 atom stereocenters. The maximum atomic E-state index is 12.2.